The molecule has 0 atom stereocenters. The summed E-state index contributed by atoms with van der Waals surface area (Å²) in [5.41, 5.74) is 3.92. The highest BCUT2D eigenvalue weighted by Gasteiger charge is 2.16. The van der Waals surface area contributed by atoms with Crippen LogP contribution in [-0.4, -0.2) is 20.4 Å². The van der Waals surface area contributed by atoms with Crippen molar-refractivity contribution in [2.24, 2.45) is 12.0 Å². The lowest BCUT2D eigenvalue weighted by Gasteiger charge is -2.15. The number of halogens is 1. The summed E-state index contributed by atoms with van der Waals surface area (Å²) in [5.74, 6) is 0.150. The Bertz CT molecular complexity index is 1010. The number of nitrogens with one attached hydrogen (secondary N) is 1. The van der Waals surface area contributed by atoms with Gasteiger partial charge in [0.15, 0.2) is 11.7 Å². The van der Waals surface area contributed by atoms with Gasteiger partial charge in [-0.25, -0.2) is 9.38 Å². The Morgan fingerprint density at radius 3 is 2.76 bits per heavy atom. The van der Waals surface area contributed by atoms with Gasteiger partial charge >= 0.3 is 0 Å². The van der Waals surface area contributed by atoms with Gasteiger partial charge in [0.2, 0.25) is 0 Å². The normalized spacial score (nSPS) is 12.3. The summed E-state index contributed by atoms with van der Waals surface area (Å²) in [6.45, 7) is 4.21. The number of hydrogen-bond donors (Lipinski definition) is 1. The van der Waals surface area contributed by atoms with E-state index in [1.807, 2.05) is 36.0 Å². The lowest BCUT2D eigenvalue weighted by atomic mass is 10.1. The first-order valence-electron chi connectivity index (χ1n) is 9.85. The van der Waals surface area contributed by atoms with Crippen LogP contribution in [0, 0.1) is 5.82 Å². The number of rotatable bonds is 7. The van der Waals surface area contributed by atoms with Crippen LogP contribution in [0.3, 0.4) is 0 Å². The first-order valence-corrected chi connectivity index (χ1v) is 9.85. The van der Waals surface area contributed by atoms with Crippen LogP contribution in [0.2, 0.25) is 0 Å². The maximum atomic E-state index is 14.3. The Morgan fingerprint density at radius 1 is 1.21 bits per heavy atom. The number of hydrogen-bond acceptors (Lipinski definition) is 3. The molecule has 0 aliphatic carbocycles. The van der Waals surface area contributed by atoms with Gasteiger partial charge in [-0.3, -0.25) is 9.97 Å². The van der Waals surface area contributed by atoms with Crippen LogP contribution in [0.4, 0.5) is 10.1 Å². The summed E-state index contributed by atoms with van der Waals surface area (Å²) >= 11 is 0. The summed E-state index contributed by atoms with van der Waals surface area (Å²) in [6.07, 6.45) is 11.3. The van der Waals surface area contributed by atoms with E-state index >= 15 is 0 Å². The molecule has 3 heterocycles. The third-order valence-corrected chi connectivity index (χ3v) is 4.57. The van der Waals surface area contributed by atoms with Gasteiger partial charge in [0.1, 0.15) is 0 Å². The van der Waals surface area contributed by atoms with Gasteiger partial charge in [0, 0.05) is 25.6 Å². The Morgan fingerprint density at radius 2 is 2.07 bits per heavy atom. The fraction of sp³-hybridized carbons (Fsp3) is 0.261. The van der Waals surface area contributed by atoms with Crippen molar-refractivity contribution in [3.05, 3.63) is 84.0 Å². The Balaban J connectivity index is 2.14. The fourth-order valence-corrected chi connectivity index (χ4v) is 3.05. The van der Waals surface area contributed by atoms with Crippen LogP contribution >= 0.6 is 0 Å². The van der Waals surface area contributed by atoms with Crippen LogP contribution in [0.15, 0.2) is 66.2 Å². The van der Waals surface area contributed by atoms with E-state index < -0.39 is 5.82 Å². The minimum Gasteiger partial charge on any atom is -0.348 e. The molecule has 0 amide bonds. The van der Waals surface area contributed by atoms with Gasteiger partial charge in [-0.1, -0.05) is 32.4 Å². The average molecular weight is 391 g/mol. The summed E-state index contributed by atoms with van der Waals surface area (Å²) in [7, 11) is 1.96. The van der Waals surface area contributed by atoms with Crippen LogP contribution in [-0.2, 0) is 13.5 Å². The summed E-state index contributed by atoms with van der Waals surface area (Å²) in [5, 5.41) is 3.19. The molecular formula is C23H26FN5. The van der Waals surface area contributed by atoms with Crippen LogP contribution in [0.5, 0.6) is 0 Å². The molecule has 5 nitrogen and oxygen atoms in total. The number of aliphatic imine (C=N–C) groups is 1. The van der Waals surface area contributed by atoms with E-state index in [4.69, 9.17) is 4.99 Å². The van der Waals surface area contributed by atoms with E-state index in [2.05, 4.69) is 41.3 Å². The molecule has 1 N–H and O–H groups in total. The maximum Gasteiger partial charge on any atom is 0.164 e. The molecule has 29 heavy (non-hydrogen) atoms. The zero-order valence-corrected chi connectivity index (χ0v) is 17.1. The molecule has 0 bridgehead atoms. The topological polar surface area (TPSA) is 55.1 Å². The largest absolute Gasteiger partial charge is 0.348 e. The Kier molecular flexibility index (Phi) is 6.89. The van der Waals surface area contributed by atoms with Crippen molar-refractivity contribution in [1.82, 2.24) is 14.5 Å². The van der Waals surface area contributed by atoms with Crippen molar-refractivity contribution < 1.29 is 4.39 Å². The summed E-state index contributed by atoms with van der Waals surface area (Å²) in [6, 6.07) is 9.42. The molecule has 3 rings (SSSR count). The van der Waals surface area contributed by atoms with Crippen molar-refractivity contribution in [2.75, 3.05) is 5.32 Å². The van der Waals surface area contributed by atoms with Crippen molar-refractivity contribution in [3.63, 3.8) is 0 Å². The molecule has 0 spiro atoms. The van der Waals surface area contributed by atoms with Gasteiger partial charge in [0.25, 0.3) is 0 Å². The highest BCUT2D eigenvalue weighted by atomic mass is 19.1. The molecule has 0 fully saturated rings. The number of aromatic nitrogens is 3. The monoisotopic (exact) mass is 391 g/mol. The van der Waals surface area contributed by atoms with Crippen LogP contribution < -0.4 is 5.32 Å². The molecule has 3 aromatic rings. The van der Waals surface area contributed by atoms with Crippen molar-refractivity contribution >= 4 is 17.2 Å². The molecule has 0 aliphatic rings. The highest BCUT2D eigenvalue weighted by Crippen LogP contribution is 2.21. The molecule has 0 aliphatic heterocycles. The first kappa shape index (κ1) is 20.5. The lowest BCUT2D eigenvalue weighted by molar-refractivity contribution is 0.626. The lowest BCUT2D eigenvalue weighted by Crippen LogP contribution is -2.20. The number of anilines is 1. The van der Waals surface area contributed by atoms with Gasteiger partial charge in [-0.2, -0.15) is 0 Å². The van der Waals surface area contributed by atoms with Crippen LogP contribution in [0.1, 0.15) is 43.6 Å². The van der Waals surface area contributed by atoms with Crippen LogP contribution in [0.25, 0.3) is 5.70 Å². The number of unbranched alkanes of at least 4 members (excludes halogenated alkanes) is 1. The van der Waals surface area contributed by atoms with E-state index in [1.54, 1.807) is 18.5 Å². The second-order valence-corrected chi connectivity index (χ2v) is 6.69. The number of allylic oxidation sites excluding steroid dienone is 1. The summed E-state index contributed by atoms with van der Waals surface area (Å²) in [4.78, 5) is 13.2. The predicted octanol–water partition coefficient (Wildman–Crippen LogP) is 5.22. The SMILES string of the molecule is CCC/C=C(/N=C(Nc1ccncc1F)c1c(CC)ccn1C)c1ccccn1. The standard InChI is InChI=1S/C23H26FN5/c1-4-6-9-21(20-10-7-8-13-26-20)28-23(22-17(5-2)12-15-29(22)3)27-19-11-14-25-16-18(19)24/h7-16H,4-6H2,1-3H3,(H,25,27,28)/b21-9+. The van der Waals surface area contributed by atoms with Gasteiger partial charge < -0.3 is 9.88 Å². The molecule has 6 heteroatoms. The van der Waals surface area contributed by atoms with Gasteiger partial charge in [-0.05, 0) is 42.7 Å². The Hall–Kier alpha value is -3.28. The summed E-state index contributed by atoms with van der Waals surface area (Å²) < 4.78 is 16.3. The molecule has 150 valence electrons. The van der Waals surface area contributed by atoms with Crippen molar-refractivity contribution in [1.29, 1.82) is 0 Å². The van der Waals surface area contributed by atoms with E-state index in [0.717, 1.165) is 41.9 Å². The van der Waals surface area contributed by atoms with E-state index in [0.29, 0.717) is 11.5 Å². The third kappa shape index (κ3) is 4.96. The Labute approximate surface area is 171 Å². The highest BCUT2D eigenvalue weighted by molar-refractivity contribution is 6.10. The van der Waals surface area contributed by atoms with E-state index in [9.17, 15) is 4.39 Å². The number of aryl methyl sites for hydroxylation is 2. The number of amidine groups is 1. The fourth-order valence-electron chi connectivity index (χ4n) is 3.05. The third-order valence-electron chi connectivity index (χ3n) is 4.57. The average Bonchev–Trinajstić information content (AvgIpc) is 3.12. The minimum absolute atomic E-state index is 0.331. The molecular weight excluding hydrogens is 365 g/mol. The van der Waals surface area contributed by atoms with Gasteiger partial charge in [-0.15, -0.1) is 0 Å². The zero-order valence-electron chi connectivity index (χ0n) is 17.1. The van der Waals surface area contributed by atoms with E-state index in [1.165, 1.54) is 6.20 Å². The van der Waals surface area contributed by atoms with Crippen molar-refractivity contribution in [3.8, 4) is 0 Å². The van der Waals surface area contributed by atoms with Crippen molar-refractivity contribution in [2.45, 2.75) is 33.1 Å². The van der Waals surface area contributed by atoms with E-state index in [-0.39, 0.29) is 0 Å². The molecule has 0 unspecified atom stereocenters. The molecule has 0 radical (unpaired) electrons. The smallest absolute Gasteiger partial charge is 0.164 e. The quantitative estimate of drug-likeness (QED) is 0.444. The first-order chi connectivity index (χ1) is 14.1. The predicted molar refractivity (Wildman–Crippen MR) is 116 cm³/mol. The number of nitrogens with zero attached hydrogens (tertiary/aromatic N) is 4. The second-order valence-electron chi connectivity index (χ2n) is 6.69. The molecule has 3 aromatic heterocycles. The molecule has 0 saturated carbocycles. The molecule has 0 aromatic carbocycles. The number of pyridine rings is 2. The zero-order chi connectivity index (χ0) is 20.6. The second kappa shape index (κ2) is 9.78. The van der Waals surface area contributed by atoms with Gasteiger partial charge in [0.05, 0.1) is 29.0 Å². The molecule has 0 saturated heterocycles. The maximum absolute atomic E-state index is 14.3. The minimum atomic E-state index is -0.426.